The van der Waals surface area contributed by atoms with E-state index in [9.17, 15) is 32.4 Å². The van der Waals surface area contributed by atoms with Crippen molar-refractivity contribution in [3.63, 3.8) is 0 Å². The molecule has 1 spiro atoms. The Morgan fingerprint density at radius 1 is 0.839 bits per heavy atom. The van der Waals surface area contributed by atoms with Gasteiger partial charge in [-0.25, -0.2) is 17.8 Å². The molecule has 3 aromatic rings. The molecule has 1 aromatic heterocycles. The first-order valence-corrected chi connectivity index (χ1v) is 23.2. The quantitative estimate of drug-likeness (QED) is 0.213. The highest BCUT2D eigenvalue weighted by Crippen LogP contribution is 2.48. The van der Waals surface area contributed by atoms with Crippen molar-refractivity contribution in [3.05, 3.63) is 93.5 Å². The Bertz CT molecular complexity index is 2610. The highest BCUT2D eigenvalue weighted by molar-refractivity contribution is 7.92. The van der Waals surface area contributed by atoms with Gasteiger partial charge in [0.2, 0.25) is 11.8 Å². The van der Waals surface area contributed by atoms with E-state index in [-0.39, 0.29) is 51.6 Å². The lowest BCUT2D eigenvalue weighted by Gasteiger charge is -2.55. The number of amides is 4. The summed E-state index contributed by atoms with van der Waals surface area (Å²) in [5, 5.41) is 8.37. The number of allylic oxidation sites excluding steroid dienone is 1. The average molecular weight is 865 g/mol. The number of fused-ring (bicyclic) bond motifs is 2. The standard InChI is InChI=1S/C45H49FN8O7S/c1-26-3-2-4-35(26)53-39(56)12-5-27-23-47-44(50-40(27)53)48-28-6-8-30(9-7-28)62(60,61)31-15-19-51(20-16-31)29-13-17-45(18-14-29)24-52(25-45)37-22-33-32(21-34(37)46)42(58)54(43(33)59)36-10-11-38(55)49-41(36)57/h5-9,12,21-23,29,31,35-36,44,48,50H,1-4,10-11,13-20,24-25H2,(H,49,55,57). The maximum atomic E-state index is 15.5. The van der Waals surface area contributed by atoms with Gasteiger partial charge in [0.15, 0.2) is 16.1 Å². The van der Waals surface area contributed by atoms with E-state index < -0.39 is 56.9 Å². The Labute approximate surface area is 358 Å². The molecule has 5 fully saturated rings. The monoisotopic (exact) mass is 864 g/mol. The number of benzene rings is 2. The second kappa shape index (κ2) is 15.3. The number of rotatable bonds is 8. The van der Waals surface area contributed by atoms with E-state index in [1.54, 1.807) is 47.2 Å². The van der Waals surface area contributed by atoms with Crippen LogP contribution in [-0.2, 0) is 19.4 Å². The number of piperidine rings is 2. The maximum absolute atomic E-state index is 15.5. The lowest BCUT2D eigenvalue weighted by atomic mass is 9.67. The number of nitrogens with one attached hydrogen (secondary N) is 3. The number of sulfone groups is 1. The fourth-order valence-corrected chi connectivity index (χ4v) is 12.7. The number of hydrogen-bond acceptors (Lipinski definition) is 12. The summed E-state index contributed by atoms with van der Waals surface area (Å²) in [5.41, 5.74) is 2.73. The Morgan fingerprint density at radius 3 is 2.23 bits per heavy atom. The fourth-order valence-electron chi connectivity index (χ4n) is 10.9. The van der Waals surface area contributed by atoms with Crippen LogP contribution >= 0.6 is 0 Å². The first-order valence-electron chi connectivity index (χ1n) is 21.7. The SMILES string of the molecule is C=C1CCCC1n1c2c(ccc1=O)C=NC(Nc1ccc(S(=O)(=O)C3CCN(C4CCC5(CC4)CN(c4cc6c(cc4F)C(=O)N(C4CCC(=O)NC4=O)C6=O)C5)CC3)cc1)N2. The number of aliphatic imine (C=N–C) groups is 1. The van der Waals surface area contributed by atoms with Crippen LogP contribution in [0, 0.1) is 11.2 Å². The van der Waals surface area contributed by atoms with Gasteiger partial charge in [-0.2, -0.15) is 0 Å². The maximum Gasteiger partial charge on any atom is 0.262 e. The van der Waals surface area contributed by atoms with Gasteiger partial charge >= 0.3 is 0 Å². The predicted molar refractivity (Wildman–Crippen MR) is 230 cm³/mol. The summed E-state index contributed by atoms with van der Waals surface area (Å²) >= 11 is 0. The van der Waals surface area contributed by atoms with Gasteiger partial charge in [-0.15, -0.1) is 0 Å². The third-order valence-electron chi connectivity index (χ3n) is 14.4. The molecule has 324 valence electrons. The number of halogens is 1. The lowest BCUT2D eigenvalue weighted by Crippen LogP contribution is -2.59. The molecule has 2 aromatic carbocycles. The van der Waals surface area contributed by atoms with E-state index in [0.29, 0.717) is 56.6 Å². The molecular formula is C45H49FN8O7S. The minimum absolute atomic E-state index is 0.00710. The predicted octanol–water partition coefficient (Wildman–Crippen LogP) is 4.60. The van der Waals surface area contributed by atoms with Crippen LogP contribution in [0.2, 0.25) is 0 Å². The van der Waals surface area contributed by atoms with E-state index in [1.807, 2.05) is 4.90 Å². The van der Waals surface area contributed by atoms with E-state index in [4.69, 9.17) is 0 Å². The Hall–Kier alpha value is -5.68. The van der Waals surface area contributed by atoms with Crippen molar-refractivity contribution in [2.75, 3.05) is 41.7 Å². The topological polar surface area (TPSA) is 183 Å². The molecule has 2 saturated carbocycles. The summed E-state index contributed by atoms with van der Waals surface area (Å²) in [7, 11) is -3.56. The molecule has 7 aliphatic rings. The minimum atomic E-state index is -3.56. The molecule has 3 unspecified atom stereocenters. The van der Waals surface area contributed by atoms with Crippen LogP contribution in [0.5, 0.6) is 0 Å². The molecule has 6 heterocycles. The van der Waals surface area contributed by atoms with Gasteiger partial charge in [0.05, 0.1) is 33.0 Å². The fraction of sp³-hybridized carbons (Fsp3) is 0.467. The van der Waals surface area contributed by atoms with Gasteiger partial charge in [-0.3, -0.25) is 38.8 Å². The van der Waals surface area contributed by atoms with Crippen molar-refractivity contribution >= 4 is 56.9 Å². The van der Waals surface area contributed by atoms with Gasteiger partial charge in [-0.1, -0.05) is 12.2 Å². The number of likely N-dealkylation sites (tertiary alicyclic amines) is 1. The molecule has 5 aliphatic heterocycles. The summed E-state index contributed by atoms with van der Waals surface area (Å²) < 4.78 is 44.9. The number of carbonyl (C=O) groups excluding carboxylic acids is 4. The Morgan fingerprint density at radius 2 is 1.55 bits per heavy atom. The number of anilines is 3. The van der Waals surface area contributed by atoms with Gasteiger partial charge in [-0.05, 0) is 120 Å². The normalized spacial score (nSPS) is 25.4. The van der Waals surface area contributed by atoms with Gasteiger partial charge in [0.25, 0.3) is 17.4 Å². The van der Waals surface area contributed by atoms with Crippen molar-refractivity contribution in [1.82, 2.24) is 19.7 Å². The first-order chi connectivity index (χ1) is 29.8. The Balaban J connectivity index is 0.709. The van der Waals surface area contributed by atoms with E-state index >= 15 is 4.39 Å². The summed E-state index contributed by atoms with van der Waals surface area (Å²) in [6.45, 7) is 6.84. The summed E-state index contributed by atoms with van der Waals surface area (Å²) in [6, 6.07) is 11.8. The molecule has 17 heteroatoms. The molecule has 3 N–H and O–H groups in total. The molecule has 4 amide bonds. The minimum Gasteiger partial charge on any atom is -0.368 e. The van der Waals surface area contributed by atoms with Gasteiger partial charge < -0.3 is 20.4 Å². The number of imide groups is 2. The second-order valence-corrected chi connectivity index (χ2v) is 20.3. The van der Waals surface area contributed by atoms with E-state index in [0.717, 1.165) is 67.0 Å². The molecule has 62 heavy (non-hydrogen) atoms. The molecule has 15 nitrogen and oxygen atoms in total. The molecular weight excluding hydrogens is 816 g/mol. The average Bonchev–Trinajstić information content (AvgIpc) is 3.78. The first kappa shape index (κ1) is 40.4. The highest BCUT2D eigenvalue weighted by atomic mass is 32.2. The van der Waals surface area contributed by atoms with Crippen molar-refractivity contribution in [2.45, 2.75) is 105 Å². The summed E-state index contributed by atoms with van der Waals surface area (Å²) in [6.07, 6.45) is 8.89. The van der Waals surface area contributed by atoms with Gasteiger partial charge in [0, 0.05) is 54.5 Å². The lowest BCUT2D eigenvalue weighted by molar-refractivity contribution is -0.136. The van der Waals surface area contributed by atoms with Crippen LogP contribution in [0.25, 0.3) is 0 Å². The Kier molecular flexibility index (Phi) is 9.96. The number of hydrogen-bond donors (Lipinski definition) is 3. The zero-order valence-electron chi connectivity index (χ0n) is 34.3. The van der Waals surface area contributed by atoms with E-state index in [1.165, 1.54) is 6.07 Å². The van der Waals surface area contributed by atoms with Gasteiger partial charge in [0.1, 0.15) is 17.7 Å². The second-order valence-electron chi connectivity index (χ2n) is 18.1. The van der Waals surface area contributed by atoms with Crippen LogP contribution in [0.4, 0.5) is 21.6 Å². The smallest absolute Gasteiger partial charge is 0.262 e. The van der Waals surface area contributed by atoms with E-state index in [2.05, 4.69) is 32.4 Å². The van der Waals surface area contributed by atoms with Crippen LogP contribution in [0.3, 0.4) is 0 Å². The number of carbonyl (C=O) groups is 4. The molecule has 0 radical (unpaired) electrons. The number of pyridine rings is 1. The molecule has 3 saturated heterocycles. The van der Waals surface area contributed by atoms with Crippen LogP contribution in [-0.4, -0.2) is 102 Å². The number of nitrogens with zero attached hydrogens (tertiary/aromatic N) is 5. The summed E-state index contributed by atoms with van der Waals surface area (Å²) in [5.74, 6) is -2.46. The van der Waals surface area contributed by atoms with Crippen LogP contribution < -0.4 is 26.4 Å². The largest absolute Gasteiger partial charge is 0.368 e. The van der Waals surface area contributed by atoms with Crippen molar-refractivity contribution in [1.29, 1.82) is 0 Å². The number of aromatic nitrogens is 1. The van der Waals surface area contributed by atoms with Crippen LogP contribution in [0.15, 0.2) is 75.4 Å². The molecule has 10 rings (SSSR count). The molecule has 0 bridgehead atoms. The zero-order valence-corrected chi connectivity index (χ0v) is 35.1. The third kappa shape index (κ3) is 6.93. The van der Waals surface area contributed by atoms with Crippen molar-refractivity contribution in [2.24, 2.45) is 10.4 Å². The zero-order chi connectivity index (χ0) is 43.1. The van der Waals surface area contributed by atoms with Crippen LogP contribution in [0.1, 0.15) is 103 Å². The third-order valence-corrected chi connectivity index (χ3v) is 16.7. The van der Waals surface area contributed by atoms with Crippen molar-refractivity contribution in [3.8, 4) is 0 Å². The highest BCUT2D eigenvalue weighted by Gasteiger charge is 2.49. The van der Waals surface area contributed by atoms with Crippen molar-refractivity contribution < 1.29 is 32.0 Å². The summed E-state index contributed by atoms with van der Waals surface area (Å²) in [4.78, 5) is 73.6. The molecule has 3 atom stereocenters. The molecule has 2 aliphatic carbocycles.